The zero-order valence-corrected chi connectivity index (χ0v) is 19.8. The highest BCUT2D eigenvalue weighted by Gasteiger charge is 2.13. The van der Waals surface area contributed by atoms with E-state index in [9.17, 15) is 9.59 Å². The highest BCUT2D eigenvalue weighted by Crippen LogP contribution is 2.28. The van der Waals surface area contributed by atoms with Crippen molar-refractivity contribution in [1.29, 1.82) is 0 Å². The molecule has 0 aliphatic carbocycles. The number of benzene rings is 3. The largest absolute Gasteiger partial charge is 0.493 e. The van der Waals surface area contributed by atoms with Crippen LogP contribution < -0.4 is 19.6 Å². The lowest BCUT2D eigenvalue weighted by Crippen LogP contribution is -2.24. The Labute approximate surface area is 200 Å². The molecule has 1 N–H and O–H groups in total. The third-order valence-corrected chi connectivity index (χ3v) is 5.05. The van der Waals surface area contributed by atoms with Crippen LogP contribution in [0.25, 0.3) is 0 Å². The predicted octanol–water partition coefficient (Wildman–Crippen LogP) is 4.77. The number of nitrogens with one attached hydrogen (secondary N) is 1. The van der Waals surface area contributed by atoms with E-state index < -0.39 is 11.9 Å². The van der Waals surface area contributed by atoms with E-state index in [2.05, 4.69) is 33.4 Å². The molecule has 0 heterocycles. The summed E-state index contributed by atoms with van der Waals surface area (Å²) in [6.07, 6.45) is 2.39. The minimum absolute atomic E-state index is 0.156. The molecule has 0 radical (unpaired) electrons. The van der Waals surface area contributed by atoms with Crippen molar-refractivity contribution in [1.82, 2.24) is 5.43 Å². The third-order valence-electron chi connectivity index (χ3n) is 4.56. The molecule has 8 heteroatoms. The molecule has 0 aliphatic heterocycles. The standard InChI is InChI=1S/C25H23BrN2O5/c1-3-17-7-10-21(11-8-17)32-16-24(29)28-27-15-18-9-12-22(23(13-18)31-2)33-25(30)19-5-4-6-20(26)14-19/h4-15H,3,16H2,1-2H3,(H,28,29)/b27-15-. The summed E-state index contributed by atoms with van der Waals surface area (Å²) in [5.74, 6) is 0.340. The maximum absolute atomic E-state index is 12.4. The van der Waals surface area contributed by atoms with Gasteiger partial charge in [0.2, 0.25) is 0 Å². The van der Waals surface area contributed by atoms with E-state index in [1.54, 1.807) is 36.4 Å². The van der Waals surface area contributed by atoms with E-state index in [-0.39, 0.29) is 12.4 Å². The van der Waals surface area contributed by atoms with Crippen molar-refractivity contribution < 1.29 is 23.8 Å². The molecule has 1 amide bonds. The molecule has 0 bridgehead atoms. The number of carbonyl (C=O) groups is 2. The topological polar surface area (TPSA) is 86.2 Å². The number of methoxy groups -OCH3 is 1. The summed E-state index contributed by atoms with van der Waals surface area (Å²) >= 11 is 3.33. The van der Waals surface area contributed by atoms with Crippen LogP contribution in [0.15, 0.2) is 76.3 Å². The van der Waals surface area contributed by atoms with Crippen molar-refractivity contribution in [3.8, 4) is 17.2 Å². The van der Waals surface area contributed by atoms with E-state index in [0.717, 1.165) is 10.9 Å². The SMILES string of the molecule is CCc1ccc(OCC(=O)N/N=C\c2ccc(OC(=O)c3cccc(Br)c3)c(OC)c2)cc1. The minimum Gasteiger partial charge on any atom is -0.493 e. The van der Waals surface area contributed by atoms with E-state index in [1.807, 2.05) is 30.3 Å². The highest BCUT2D eigenvalue weighted by molar-refractivity contribution is 9.10. The quantitative estimate of drug-likeness (QED) is 0.194. The van der Waals surface area contributed by atoms with Crippen LogP contribution in [0.1, 0.15) is 28.4 Å². The van der Waals surface area contributed by atoms with Gasteiger partial charge in [0.25, 0.3) is 5.91 Å². The van der Waals surface area contributed by atoms with Gasteiger partial charge in [0.05, 0.1) is 18.9 Å². The van der Waals surface area contributed by atoms with E-state index in [0.29, 0.717) is 22.6 Å². The molecule has 170 valence electrons. The summed E-state index contributed by atoms with van der Waals surface area (Å²) in [7, 11) is 1.47. The monoisotopic (exact) mass is 510 g/mol. The summed E-state index contributed by atoms with van der Waals surface area (Å²) in [6, 6.07) is 19.4. The first-order chi connectivity index (χ1) is 16.0. The smallest absolute Gasteiger partial charge is 0.343 e. The van der Waals surface area contributed by atoms with Crippen LogP contribution in [0.2, 0.25) is 0 Å². The summed E-state index contributed by atoms with van der Waals surface area (Å²) in [6.45, 7) is 1.91. The molecule has 3 aromatic rings. The van der Waals surface area contributed by atoms with Crippen molar-refractivity contribution >= 4 is 34.0 Å². The summed E-state index contributed by atoms with van der Waals surface area (Å²) < 4.78 is 17.0. The second kappa shape index (κ2) is 11.8. The van der Waals surface area contributed by atoms with E-state index >= 15 is 0 Å². The molecule has 3 aromatic carbocycles. The maximum Gasteiger partial charge on any atom is 0.343 e. The molecular weight excluding hydrogens is 488 g/mol. The Morgan fingerprint density at radius 3 is 2.52 bits per heavy atom. The number of halogens is 1. The van der Waals surface area contributed by atoms with Gasteiger partial charge in [-0.2, -0.15) is 5.10 Å². The van der Waals surface area contributed by atoms with Crippen LogP contribution in [0, 0.1) is 0 Å². The van der Waals surface area contributed by atoms with Gasteiger partial charge in [-0.3, -0.25) is 4.79 Å². The van der Waals surface area contributed by atoms with Crippen molar-refractivity contribution in [3.05, 3.63) is 87.9 Å². The molecule has 0 atom stereocenters. The number of esters is 1. The lowest BCUT2D eigenvalue weighted by Gasteiger charge is -2.10. The Balaban J connectivity index is 1.55. The van der Waals surface area contributed by atoms with Crippen LogP contribution in [0.3, 0.4) is 0 Å². The van der Waals surface area contributed by atoms with Gasteiger partial charge in [-0.05, 0) is 66.1 Å². The normalized spacial score (nSPS) is 10.6. The Morgan fingerprint density at radius 2 is 1.82 bits per heavy atom. The number of aryl methyl sites for hydroxylation is 1. The van der Waals surface area contributed by atoms with E-state index in [1.165, 1.54) is 18.9 Å². The van der Waals surface area contributed by atoms with Crippen molar-refractivity contribution in [2.24, 2.45) is 5.10 Å². The van der Waals surface area contributed by atoms with Crippen LogP contribution >= 0.6 is 15.9 Å². The van der Waals surface area contributed by atoms with Gasteiger partial charge in [-0.25, -0.2) is 10.2 Å². The number of rotatable bonds is 9. The molecule has 0 aromatic heterocycles. The number of ether oxygens (including phenoxy) is 3. The number of amides is 1. The number of hydrogen-bond donors (Lipinski definition) is 1. The molecule has 7 nitrogen and oxygen atoms in total. The molecule has 0 fully saturated rings. The van der Waals surface area contributed by atoms with Crippen LogP contribution in [-0.4, -0.2) is 31.8 Å². The minimum atomic E-state index is -0.507. The van der Waals surface area contributed by atoms with Gasteiger partial charge in [-0.15, -0.1) is 0 Å². The molecule has 0 saturated heterocycles. The van der Waals surface area contributed by atoms with Gasteiger partial charge in [0, 0.05) is 4.47 Å². The number of hydrazone groups is 1. The molecule has 0 spiro atoms. The lowest BCUT2D eigenvalue weighted by molar-refractivity contribution is -0.123. The fraction of sp³-hybridized carbons (Fsp3) is 0.160. The molecular formula is C25H23BrN2O5. The number of nitrogens with zero attached hydrogens (tertiary/aromatic N) is 1. The van der Waals surface area contributed by atoms with Crippen LogP contribution in [0.4, 0.5) is 0 Å². The predicted molar refractivity (Wildman–Crippen MR) is 129 cm³/mol. The first-order valence-corrected chi connectivity index (χ1v) is 11.0. The summed E-state index contributed by atoms with van der Waals surface area (Å²) in [5.41, 5.74) is 4.65. The molecule has 0 aliphatic rings. The Bertz CT molecular complexity index is 1150. The zero-order chi connectivity index (χ0) is 23.6. The fourth-order valence-electron chi connectivity index (χ4n) is 2.80. The van der Waals surface area contributed by atoms with Crippen LogP contribution in [-0.2, 0) is 11.2 Å². The van der Waals surface area contributed by atoms with Crippen LogP contribution in [0.5, 0.6) is 17.2 Å². The van der Waals surface area contributed by atoms with Crippen molar-refractivity contribution in [2.75, 3.05) is 13.7 Å². The fourth-order valence-corrected chi connectivity index (χ4v) is 3.20. The first kappa shape index (κ1) is 24.0. The van der Waals surface area contributed by atoms with Crippen molar-refractivity contribution in [2.45, 2.75) is 13.3 Å². The summed E-state index contributed by atoms with van der Waals surface area (Å²) in [5, 5.41) is 3.93. The maximum atomic E-state index is 12.4. The molecule has 0 saturated carbocycles. The second-order valence-corrected chi connectivity index (χ2v) is 7.81. The van der Waals surface area contributed by atoms with Gasteiger partial charge < -0.3 is 14.2 Å². The number of carbonyl (C=O) groups excluding carboxylic acids is 2. The number of hydrogen-bond acceptors (Lipinski definition) is 6. The Morgan fingerprint density at radius 1 is 1.03 bits per heavy atom. The average molecular weight is 511 g/mol. The third kappa shape index (κ3) is 7.18. The Hall–Kier alpha value is -3.65. The van der Waals surface area contributed by atoms with Gasteiger partial charge in [-0.1, -0.05) is 41.1 Å². The van der Waals surface area contributed by atoms with Gasteiger partial charge >= 0.3 is 5.97 Å². The van der Waals surface area contributed by atoms with Gasteiger partial charge in [0.1, 0.15) is 5.75 Å². The molecule has 33 heavy (non-hydrogen) atoms. The van der Waals surface area contributed by atoms with Gasteiger partial charge in [0.15, 0.2) is 18.1 Å². The second-order valence-electron chi connectivity index (χ2n) is 6.89. The first-order valence-electron chi connectivity index (χ1n) is 10.2. The highest BCUT2D eigenvalue weighted by atomic mass is 79.9. The average Bonchev–Trinajstić information content (AvgIpc) is 2.83. The lowest BCUT2D eigenvalue weighted by atomic mass is 10.2. The zero-order valence-electron chi connectivity index (χ0n) is 18.2. The van der Waals surface area contributed by atoms with Crippen molar-refractivity contribution in [3.63, 3.8) is 0 Å². The van der Waals surface area contributed by atoms with E-state index in [4.69, 9.17) is 14.2 Å². The molecule has 3 rings (SSSR count). The summed E-state index contributed by atoms with van der Waals surface area (Å²) in [4.78, 5) is 24.3. The molecule has 0 unspecified atom stereocenters. The Kier molecular flexibility index (Phi) is 8.60.